The van der Waals surface area contributed by atoms with Gasteiger partial charge in [0.2, 0.25) is 0 Å². The number of carbonyl (C=O) groups excluding carboxylic acids is 3. The fraction of sp³-hybridized carbons (Fsp3) is 0.500. The molecule has 0 radical (unpaired) electrons. The Morgan fingerprint density at radius 2 is 1.96 bits per heavy atom. The van der Waals surface area contributed by atoms with Crippen LogP contribution in [0.15, 0.2) is 18.2 Å². The van der Waals surface area contributed by atoms with Crippen LogP contribution in [0.4, 0.5) is 5.69 Å². The van der Waals surface area contributed by atoms with Crippen LogP contribution in [0.3, 0.4) is 0 Å². The molecule has 0 aliphatic carbocycles. The van der Waals surface area contributed by atoms with Crippen LogP contribution < -0.4 is 5.32 Å². The first-order valence-corrected chi connectivity index (χ1v) is 8.45. The molecule has 1 amide bonds. The second kappa shape index (κ2) is 8.50. The summed E-state index contributed by atoms with van der Waals surface area (Å²) in [6.45, 7) is 4.24. The van der Waals surface area contributed by atoms with Crippen LogP contribution in [-0.2, 0) is 25.6 Å². The van der Waals surface area contributed by atoms with Gasteiger partial charge >= 0.3 is 11.9 Å². The molecular formula is C18H24N2O5. The van der Waals surface area contributed by atoms with Crippen molar-refractivity contribution in [3.05, 3.63) is 29.3 Å². The fourth-order valence-corrected chi connectivity index (χ4v) is 2.88. The van der Waals surface area contributed by atoms with Crippen molar-refractivity contribution in [3.63, 3.8) is 0 Å². The highest BCUT2D eigenvalue weighted by molar-refractivity contribution is 6.01. The Kier molecular flexibility index (Phi) is 6.38. The third kappa shape index (κ3) is 4.29. The lowest BCUT2D eigenvalue weighted by molar-refractivity contribution is -0.150. The Hall–Kier alpha value is -2.57. The molecule has 1 aliphatic heterocycles. The largest absolute Gasteiger partial charge is 0.466 e. The second-order valence-corrected chi connectivity index (χ2v) is 5.67. The highest BCUT2D eigenvalue weighted by atomic mass is 16.5. The molecule has 25 heavy (non-hydrogen) atoms. The van der Waals surface area contributed by atoms with Gasteiger partial charge in [-0.1, -0.05) is 0 Å². The minimum atomic E-state index is -0.803. The van der Waals surface area contributed by atoms with Gasteiger partial charge in [0.1, 0.15) is 6.04 Å². The van der Waals surface area contributed by atoms with Crippen molar-refractivity contribution >= 4 is 23.5 Å². The van der Waals surface area contributed by atoms with Crippen LogP contribution in [0.2, 0.25) is 0 Å². The Morgan fingerprint density at radius 3 is 2.60 bits per heavy atom. The number of hydrogen-bond acceptors (Lipinski definition) is 6. The Bertz CT molecular complexity index is 659. The van der Waals surface area contributed by atoms with Crippen molar-refractivity contribution in [3.8, 4) is 0 Å². The molecule has 7 heteroatoms. The lowest BCUT2D eigenvalue weighted by atomic mass is 10.1. The smallest absolute Gasteiger partial charge is 0.328 e. The number of rotatable bonds is 8. The molecule has 1 aliphatic rings. The van der Waals surface area contributed by atoms with E-state index in [0.29, 0.717) is 12.1 Å². The van der Waals surface area contributed by atoms with Gasteiger partial charge in [-0.15, -0.1) is 0 Å². The van der Waals surface area contributed by atoms with Gasteiger partial charge in [-0.05, 0) is 44.0 Å². The Labute approximate surface area is 147 Å². The van der Waals surface area contributed by atoms with Gasteiger partial charge < -0.3 is 19.7 Å². The lowest BCUT2D eigenvalue weighted by Gasteiger charge is -2.25. The molecule has 1 aromatic rings. The first-order valence-electron chi connectivity index (χ1n) is 8.45. The summed E-state index contributed by atoms with van der Waals surface area (Å²) in [5, 5.41) is 3.03. The summed E-state index contributed by atoms with van der Waals surface area (Å²) in [7, 11) is 1.80. The van der Waals surface area contributed by atoms with E-state index in [1.54, 1.807) is 27.0 Å². The summed E-state index contributed by atoms with van der Waals surface area (Å²) in [6, 6.07) is 4.65. The van der Waals surface area contributed by atoms with E-state index in [1.165, 1.54) is 4.90 Å². The molecule has 0 saturated heterocycles. The van der Waals surface area contributed by atoms with Crippen molar-refractivity contribution in [2.45, 2.75) is 39.3 Å². The molecule has 1 aromatic carbocycles. The van der Waals surface area contributed by atoms with Crippen molar-refractivity contribution < 1.29 is 23.9 Å². The van der Waals surface area contributed by atoms with Crippen LogP contribution in [0.5, 0.6) is 0 Å². The van der Waals surface area contributed by atoms with Gasteiger partial charge in [-0.25, -0.2) is 4.79 Å². The molecule has 7 nitrogen and oxygen atoms in total. The minimum Gasteiger partial charge on any atom is -0.466 e. The molecule has 0 spiro atoms. The van der Waals surface area contributed by atoms with Gasteiger partial charge in [0.25, 0.3) is 5.91 Å². The zero-order chi connectivity index (χ0) is 18.4. The monoisotopic (exact) mass is 348 g/mol. The number of anilines is 1. The molecule has 0 saturated carbocycles. The number of nitrogens with zero attached hydrogens (tertiary/aromatic N) is 1. The first kappa shape index (κ1) is 18.8. The van der Waals surface area contributed by atoms with Gasteiger partial charge in [-0.3, -0.25) is 9.59 Å². The zero-order valence-corrected chi connectivity index (χ0v) is 14.8. The van der Waals surface area contributed by atoms with Gasteiger partial charge in [0.15, 0.2) is 0 Å². The SMILES string of the molecule is CCOC(=O)CC[C@@H](C(=O)OCC)N1Cc2cc(NC)ccc2C1=O. The molecule has 1 N–H and O–H groups in total. The van der Waals surface area contributed by atoms with E-state index in [2.05, 4.69) is 5.32 Å². The molecule has 0 fully saturated rings. The number of nitrogens with one attached hydrogen (secondary N) is 1. The highest BCUT2D eigenvalue weighted by Gasteiger charge is 2.37. The van der Waals surface area contributed by atoms with E-state index in [4.69, 9.17) is 9.47 Å². The predicted octanol–water partition coefficient (Wildman–Crippen LogP) is 1.96. The standard InChI is InChI=1S/C18H24N2O5/c1-4-24-16(21)9-8-15(18(23)25-5-2)20-11-12-10-13(19-3)6-7-14(12)17(20)22/h6-7,10,15,19H,4-5,8-9,11H2,1-3H3/t15-/m0/s1. The molecule has 0 bridgehead atoms. The maximum absolute atomic E-state index is 12.7. The van der Waals surface area contributed by atoms with Crippen molar-refractivity contribution in [1.82, 2.24) is 4.90 Å². The fourth-order valence-electron chi connectivity index (χ4n) is 2.88. The zero-order valence-electron chi connectivity index (χ0n) is 14.8. The first-order chi connectivity index (χ1) is 12.0. The maximum Gasteiger partial charge on any atom is 0.328 e. The predicted molar refractivity (Wildman–Crippen MR) is 92.2 cm³/mol. The van der Waals surface area contributed by atoms with Crippen LogP contribution in [0, 0.1) is 0 Å². The summed E-state index contributed by atoms with van der Waals surface area (Å²) in [4.78, 5) is 38.2. The Balaban J connectivity index is 2.18. The number of carbonyl (C=O) groups is 3. The number of ether oxygens (including phenoxy) is 2. The summed E-state index contributed by atoms with van der Waals surface area (Å²) < 4.78 is 10.0. The lowest BCUT2D eigenvalue weighted by Crippen LogP contribution is -2.42. The molecular weight excluding hydrogens is 324 g/mol. The quantitative estimate of drug-likeness (QED) is 0.723. The van der Waals surface area contributed by atoms with Crippen LogP contribution in [-0.4, -0.2) is 49.0 Å². The van der Waals surface area contributed by atoms with Gasteiger partial charge in [0.05, 0.1) is 13.2 Å². The van der Waals surface area contributed by atoms with Crippen molar-refractivity contribution in [2.24, 2.45) is 0 Å². The summed E-state index contributed by atoms with van der Waals surface area (Å²) >= 11 is 0. The van der Waals surface area contributed by atoms with Gasteiger partial charge in [0, 0.05) is 31.3 Å². The average molecular weight is 348 g/mol. The molecule has 136 valence electrons. The van der Waals surface area contributed by atoms with E-state index < -0.39 is 18.0 Å². The second-order valence-electron chi connectivity index (χ2n) is 5.67. The van der Waals surface area contributed by atoms with E-state index in [9.17, 15) is 14.4 Å². The summed E-state index contributed by atoms with van der Waals surface area (Å²) in [5.41, 5.74) is 2.32. The van der Waals surface area contributed by atoms with Crippen molar-refractivity contribution in [1.29, 1.82) is 0 Å². The normalized spacial score (nSPS) is 14.0. The van der Waals surface area contributed by atoms with Crippen LogP contribution in [0.1, 0.15) is 42.6 Å². The maximum atomic E-state index is 12.7. The molecule has 2 rings (SSSR count). The molecule has 0 unspecified atom stereocenters. The number of benzene rings is 1. The topological polar surface area (TPSA) is 84.9 Å². The minimum absolute atomic E-state index is 0.0548. The van der Waals surface area contributed by atoms with E-state index in [-0.39, 0.29) is 32.0 Å². The van der Waals surface area contributed by atoms with Crippen LogP contribution in [0.25, 0.3) is 0 Å². The summed E-state index contributed by atoms with van der Waals surface area (Å²) in [6.07, 6.45) is 0.232. The molecule has 0 aromatic heterocycles. The number of amides is 1. The number of fused-ring (bicyclic) bond motifs is 1. The summed E-state index contributed by atoms with van der Waals surface area (Å²) in [5.74, 6) is -1.11. The molecule has 1 atom stereocenters. The third-order valence-corrected chi connectivity index (χ3v) is 4.09. The number of hydrogen-bond donors (Lipinski definition) is 1. The number of esters is 2. The van der Waals surface area contributed by atoms with Gasteiger partial charge in [-0.2, -0.15) is 0 Å². The Morgan fingerprint density at radius 1 is 1.24 bits per heavy atom. The van der Waals surface area contributed by atoms with E-state index in [0.717, 1.165) is 11.3 Å². The van der Waals surface area contributed by atoms with Crippen molar-refractivity contribution in [2.75, 3.05) is 25.6 Å². The third-order valence-electron chi connectivity index (χ3n) is 4.09. The highest BCUT2D eigenvalue weighted by Crippen LogP contribution is 2.29. The van der Waals surface area contributed by atoms with Crippen LogP contribution >= 0.6 is 0 Å². The van der Waals surface area contributed by atoms with E-state index >= 15 is 0 Å². The average Bonchev–Trinajstić information content (AvgIpc) is 2.91. The van der Waals surface area contributed by atoms with E-state index in [1.807, 2.05) is 12.1 Å². The molecule has 1 heterocycles.